The number of benzene rings is 3. The number of carboxylic acid groups (broad SMARTS) is 1. The third-order valence-electron chi connectivity index (χ3n) is 5.04. The molecular formula is C26H21FN2O4S. The third kappa shape index (κ3) is 5.52. The lowest BCUT2D eigenvalue weighted by atomic mass is 10.2. The molecule has 0 atom stereocenters. The van der Waals surface area contributed by atoms with Crippen molar-refractivity contribution in [1.29, 1.82) is 0 Å². The van der Waals surface area contributed by atoms with E-state index in [1.54, 1.807) is 35.2 Å². The summed E-state index contributed by atoms with van der Waals surface area (Å²) in [7, 11) is 0. The van der Waals surface area contributed by atoms with Gasteiger partial charge in [0.05, 0.1) is 16.2 Å². The average molecular weight is 477 g/mol. The van der Waals surface area contributed by atoms with Gasteiger partial charge in [0.25, 0.3) is 5.91 Å². The summed E-state index contributed by atoms with van der Waals surface area (Å²) in [5, 5.41) is 9.58. The van der Waals surface area contributed by atoms with Crippen LogP contribution in [0.1, 0.15) is 28.4 Å². The maximum Gasteiger partial charge on any atom is 0.335 e. The van der Waals surface area contributed by atoms with Gasteiger partial charge in [-0.2, -0.15) is 0 Å². The molecule has 1 N–H and O–H groups in total. The van der Waals surface area contributed by atoms with Gasteiger partial charge in [0.1, 0.15) is 18.2 Å². The lowest BCUT2D eigenvalue weighted by Gasteiger charge is -2.12. The van der Waals surface area contributed by atoms with Crippen molar-refractivity contribution in [3.8, 4) is 5.75 Å². The lowest BCUT2D eigenvalue weighted by molar-refractivity contribution is -0.122. The van der Waals surface area contributed by atoms with Gasteiger partial charge in [0.2, 0.25) is 0 Å². The van der Waals surface area contributed by atoms with Gasteiger partial charge >= 0.3 is 5.97 Å². The van der Waals surface area contributed by atoms with E-state index in [0.29, 0.717) is 34.7 Å². The summed E-state index contributed by atoms with van der Waals surface area (Å²) in [5.74, 6) is -0.757. The van der Waals surface area contributed by atoms with Crippen molar-refractivity contribution in [1.82, 2.24) is 4.90 Å². The molecule has 34 heavy (non-hydrogen) atoms. The molecule has 1 aliphatic heterocycles. The van der Waals surface area contributed by atoms with Crippen LogP contribution in [0, 0.1) is 5.82 Å². The molecule has 1 aliphatic rings. The third-order valence-corrected chi connectivity index (χ3v) is 6.05. The zero-order valence-electron chi connectivity index (χ0n) is 18.3. The van der Waals surface area contributed by atoms with Gasteiger partial charge in [-0.05, 0) is 84.4 Å². The molecule has 0 spiro atoms. The molecule has 0 bridgehead atoms. The summed E-state index contributed by atoms with van der Waals surface area (Å²) in [6, 6.07) is 19.7. The molecule has 1 amide bonds. The van der Waals surface area contributed by atoms with Crippen LogP contribution in [-0.2, 0) is 11.4 Å². The quantitative estimate of drug-likeness (QED) is 0.441. The summed E-state index contributed by atoms with van der Waals surface area (Å²) in [6.07, 6.45) is 1.80. The van der Waals surface area contributed by atoms with E-state index >= 15 is 0 Å². The monoisotopic (exact) mass is 476 g/mol. The predicted molar refractivity (Wildman–Crippen MR) is 131 cm³/mol. The zero-order chi connectivity index (χ0) is 24.1. The van der Waals surface area contributed by atoms with E-state index in [1.807, 2.05) is 31.2 Å². The number of carbonyl (C=O) groups excluding carboxylic acids is 1. The number of aliphatic imine (C=N–C) groups is 1. The molecule has 0 radical (unpaired) electrons. The van der Waals surface area contributed by atoms with E-state index in [9.17, 15) is 14.0 Å². The second-order valence-corrected chi connectivity index (χ2v) is 8.40. The highest BCUT2D eigenvalue weighted by Gasteiger charge is 2.32. The number of likely N-dealkylation sites (N-methyl/N-ethyl adjacent to an activating group) is 1. The van der Waals surface area contributed by atoms with Crippen LogP contribution in [0.4, 0.5) is 10.1 Å². The number of amidine groups is 1. The number of ether oxygens (including phenoxy) is 1. The number of nitrogens with zero attached hydrogens (tertiary/aromatic N) is 2. The SMILES string of the molecule is CCN1C(=O)/C(=C/c2ccc(OCc3ccc(F)cc3)cc2)SC1=Nc1ccc(C(=O)O)cc1. The minimum absolute atomic E-state index is 0.134. The zero-order valence-corrected chi connectivity index (χ0v) is 19.1. The van der Waals surface area contributed by atoms with Crippen molar-refractivity contribution < 1.29 is 23.8 Å². The average Bonchev–Trinajstić information content (AvgIpc) is 3.13. The van der Waals surface area contributed by atoms with Crippen LogP contribution < -0.4 is 4.74 Å². The summed E-state index contributed by atoms with van der Waals surface area (Å²) >= 11 is 1.27. The first-order chi connectivity index (χ1) is 16.4. The fraction of sp³-hybridized carbons (Fsp3) is 0.115. The van der Waals surface area contributed by atoms with Crippen molar-refractivity contribution in [2.75, 3.05) is 6.54 Å². The fourth-order valence-corrected chi connectivity index (χ4v) is 4.28. The van der Waals surface area contributed by atoms with E-state index in [-0.39, 0.29) is 17.3 Å². The number of halogens is 1. The Hall–Kier alpha value is -3.91. The molecule has 1 saturated heterocycles. The minimum atomic E-state index is -1.00. The van der Waals surface area contributed by atoms with Gasteiger partial charge in [-0.3, -0.25) is 9.69 Å². The summed E-state index contributed by atoms with van der Waals surface area (Å²) < 4.78 is 18.7. The minimum Gasteiger partial charge on any atom is -0.489 e. The molecule has 8 heteroatoms. The fourth-order valence-electron chi connectivity index (χ4n) is 3.22. The topological polar surface area (TPSA) is 79.2 Å². The highest BCUT2D eigenvalue weighted by atomic mass is 32.2. The van der Waals surface area contributed by atoms with E-state index in [2.05, 4.69) is 4.99 Å². The Labute approximate surface area is 200 Å². The van der Waals surface area contributed by atoms with Gasteiger partial charge in [-0.1, -0.05) is 24.3 Å². The molecule has 0 saturated carbocycles. The van der Waals surface area contributed by atoms with Crippen LogP contribution in [-0.4, -0.2) is 33.6 Å². The van der Waals surface area contributed by atoms with Crippen molar-refractivity contribution in [3.05, 3.63) is 100 Å². The van der Waals surface area contributed by atoms with E-state index < -0.39 is 5.97 Å². The van der Waals surface area contributed by atoms with Crippen LogP contribution in [0.3, 0.4) is 0 Å². The van der Waals surface area contributed by atoms with Gasteiger partial charge in [-0.25, -0.2) is 14.2 Å². The highest BCUT2D eigenvalue weighted by Crippen LogP contribution is 2.34. The van der Waals surface area contributed by atoms with Crippen molar-refractivity contribution in [3.63, 3.8) is 0 Å². The Balaban J connectivity index is 1.46. The predicted octanol–water partition coefficient (Wildman–Crippen LogP) is 5.73. The standard InChI is InChI=1S/C26H21FN2O4S/c1-2-29-24(30)23(34-26(29)28-21-11-7-19(8-12-21)25(31)32)15-17-5-13-22(14-6-17)33-16-18-3-9-20(27)10-4-18/h3-15H,2,16H2,1H3,(H,31,32)/b23-15-,28-26?. The van der Waals surface area contributed by atoms with Crippen LogP contribution in [0.2, 0.25) is 0 Å². The number of hydrogen-bond acceptors (Lipinski definition) is 5. The maximum atomic E-state index is 13.0. The number of amides is 1. The Bertz CT molecular complexity index is 1250. The highest BCUT2D eigenvalue weighted by molar-refractivity contribution is 8.18. The van der Waals surface area contributed by atoms with Gasteiger partial charge in [0, 0.05) is 6.54 Å². The molecule has 6 nitrogen and oxygen atoms in total. The second-order valence-electron chi connectivity index (χ2n) is 7.39. The molecule has 3 aromatic rings. The largest absolute Gasteiger partial charge is 0.489 e. The van der Waals surface area contributed by atoms with Crippen LogP contribution in [0.15, 0.2) is 82.7 Å². The summed E-state index contributed by atoms with van der Waals surface area (Å²) in [4.78, 5) is 30.6. The molecule has 1 heterocycles. The van der Waals surface area contributed by atoms with Crippen molar-refractivity contribution >= 4 is 40.6 Å². The Morgan fingerprint density at radius 1 is 1.06 bits per heavy atom. The first-order valence-corrected chi connectivity index (χ1v) is 11.4. The van der Waals surface area contributed by atoms with E-state index in [4.69, 9.17) is 9.84 Å². The first kappa shape index (κ1) is 23.3. The molecule has 172 valence electrons. The summed E-state index contributed by atoms with van der Waals surface area (Å²) in [5.41, 5.74) is 2.46. The second kappa shape index (κ2) is 10.4. The first-order valence-electron chi connectivity index (χ1n) is 10.5. The molecular weight excluding hydrogens is 455 g/mol. The molecule has 1 fully saturated rings. The van der Waals surface area contributed by atoms with Gasteiger partial charge < -0.3 is 9.84 Å². The van der Waals surface area contributed by atoms with Gasteiger partial charge in [0.15, 0.2) is 5.17 Å². The Morgan fingerprint density at radius 3 is 2.35 bits per heavy atom. The molecule has 4 rings (SSSR count). The number of thioether (sulfide) groups is 1. The Morgan fingerprint density at radius 2 is 1.74 bits per heavy atom. The number of rotatable bonds is 7. The summed E-state index contributed by atoms with van der Waals surface area (Å²) in [6.45, 7) is 2.66. The molecule has 0 aliphatic carbocycles. The molecule has 0 aromatic heterocycles. The van der Waals surface area contributed by atoms with E-state index in [0.717, 1.165) is 11.1 Å². The number of hydrogen-bond donors (Lipinski definition) is 1. The number of carbonyl (C=O) groups is 2. The smallest absolute Gasteiger partial charge is 0.335 e. The Kier molecular flexibility index (Phi) is 7.08. The normalized spacial score (nSPS) is 15.8. The van der Waals surface area contributed by atoms with Gasteiger partial charge in [-0.15, -0.1) is 0 Å². The maximum absolute atomic E-state index is 13.0. The van der Waals surface area contributed by atoms with Crippen LogP contribution >= 0.6 is 11.8 Å². The molecule has 0 unspecified atom stereocenters. The van der Waals surface area contributed by atoms with E-state index in [1.165, 1.54) is 36.0 Å². The van der Waals surface area contributed by atoms with Crippen LogP contribution in [0.5, 0.6) is 5.75 Å². The molecule has 3 aromatic carbocycles. The number of carboxylic acids is 1. The number of aromatic carboxylic acids is 1. The van der Waals surface area contributed by atoms with Crippen molar-refractivity contribution in [2.24, 2.45) is 4.99 Å². The lowest BCUT2D eigenvalue weighted by Crippen LogP contribution is -2.28. The van der Waals surface area contributed by atoms with Crippen molar-refractivity contribution in [2.45, 2.75) is 13.5 Å². The van der Waals surface area contributed by atoms with Crippen LogP contribution in [0.25, 0.3) is 6.08 Å².